The Kier molecular flexibility index (Phi) is 31.2. The molecule has 20 nitrogen and oxygen atoms in total. The first-order valence-electron chi connectivity index (χ1n) is 25.6. The summed E-state index contributed by atoms with van der Waals surface area (Å²) < 4.78 is 28.2. The van der Waals surface area contributed by atoms with Gasteiger partial charge >= 0.3 is 11.9 Å². The third kappa shape index (κ3) is 26.2. The number of carbonyl (C=O) groups excluding carboxylic acids is 3. The molecule has 2 aliphatic heterocycles. The zero-order chi connectivity index (χ0) is 55.1. The van der Waals surface area contributed by atoms with E-state index in [1.165, 1.54) is 0 Å². The Balaban J connectivity index is 1.42. The highest BCUT2D eigenvalue weighted by Gasteiger charge is 2.42. The minimum Gasteiger partial charge on any atom is -0.462 e. The van der Waals surface area contributed by atoms with Crippen LogP contribution in [0.15, 0.2) is 115 Å². The van der Waals surface area contributed by atoms with E-state index in [0.29, 0.717) is 0 Å². The fourth-order valence-corrected chi connectivity index (χ4v) is 8.05. The molecule has 0 bridgehead atoms. The third-order valence-corrected chi connectivity index (χ3v) is 12.5. The molecule has 420 valence electrons. The van der Waals surface area contributed by atoms with Crippen LogP contribution in [0.5, 0.6) is 0 Å². The summed E-state index contributed by atoms with van der Waals surface area (Å²) in [5.41, 5.74) is 6.76. The van der Waals surface area contributed by atoms with Crippen LogP contribution in [0.25, 0.3) is 0 Å². The van der Waals surface area contributed by atoms with Gasteiger partial charge in [0.25, 0.3) is 0 Å². The van der Waals surface area contributed by atoms with Crippen molar-refractivity contribution in [1.29, 1.82) is 0 Å². The summed E-state index contributed by atoms with van der Waals surface area (Å²) >= 11 is 0. The normalized spacial score (nSPS) is 25.5. The summed E-state index contributed by atoms with van der Waals surface area (Å²) in [5.74, 6) is -3.28. The number of ether oxygens (including phenoxy) is 5. The molecular weight excluding hydrogens is 977 g/mol. The van der Waals surface area contributed by atoms with E-state index in [0.717, 1.165) is 5.56 Å². The van der Waals surface area contributed by atoms with E-state index >= 15 is 0 Å². The standard InChI is InChI=1S/C55H82N2O18/c1-36(45(64)28-37(2)74-49(67)31-41(61)29-39(59)22-23-43(62)46(65)30-40(60)24-26-58)18-14-11-9-7-5-3-4-6-8-10-12-17-21-42(75-55-53(69)52(56)47(66)35-73-55)32-48-51(44(63)25-27-71-48)54(70)57-33-50(68)72-34-38-19-15-13-16-20-38/h3-21,36-37,39-48,51-53,55,58-66,69H,22-35,56H2,1-2H3,(H,57,70)/b4-3+,7-5+,8-6+,11-9+,12-10+,18-14+,21-17+/t36-,37-,39?,40?,41?,42?,43?,44-,45-,46?,47+,48-,51?,52-,53-,55-/m0/s1. The molecule has 0 spiro atoms. The maximum absolute atomic E-state index is 13.4. The van der Waals surface area contributed by atoms with Gasteiger partial charge in [-0.25, -0.2) is 0 Å². The number of hydrogen-bond donors (Lipinski definition) is 12. The van der Waals surface area contributed by atoms with Crippen LogP contribution in [0, 0.1) is 11.8 Å². The lowest BCUT2D eigenvalue weighted by atomic mass is 9.87. The molecule has 0 aliphatic carbocycles. The molecule has 1 aromatic carbocycles. The number of rotatable bonds is 33. The van der Waals surface area contributed by atoms with Gasteiger partial charge in [-0.2, -0.15) is 0 Å². The molecule has 0 radical (unpaired) electrons. The maximum Gasteiger partial charge on any atom is 0.325 e. The van der Waals surface area contributed by atoms with E-state index in [9.17, 15) is 60.3 Å². The van der Waals surface area contributed by atoms with Crippen molar-refractivity contribution in [1.82, 2.24) is 5.32 Å². The molecule has 13 N–H and O–H groups in total. The van der Waals surface area contributed by atoms with Crippen molar-refractivity contribution in [3.8, 4) is 0 Å². The molecule has 0 aromatic heterocycles. The van der Waals surface area contributed by atoms with Gasteiger partial charge in [0.05, 0.1) is 86.0 Å². The summed E-state index contributed by atoms with van der Waals surface area (Å²) in [4.78, 5) is 38.2. The van der Waals surface area contributed by atoms with Crippen LogP contribution in [0.1, 0.15) is 77.2 Å². The Bertz CT molecular complexity index is 2000. The number of aliphatic hydroxyl groups excluding tert-OH is 10. The van der Waals surface area contributed by atoms with Gasteiger partial charge < -0.3 is 85.8 Å². The molecule has 2 fully saturated rings. The SMILES string of the molecule is C[C@@H](C[C@H](O)[C@@H](C)/C=C/C=C/C=C/C=C/C=C/C=C/C=C/C(C[C@@H]1OCC[C@H](O)C1C(=O)NCC(=O)OCc1ccccc1)O[C@@H]1OC[C@@H](O)[C@H](N)[C@@H]1O)OC(=O)CC(O)CC(O)CCC(O)C(O)CC(O)CCO. The van der Waals surface area contributed by atoms with Crippen molar-refractivity contribution in [3.05, 3.63) is 121 Å². The molecule has 2 heterocycles. The number of nitrogens with one attached hydrogen (secondary N) is 1. The second kappa shape index (κ2) is 36.3. The molecule has 20 heteroatoms. The van der Waals surface area contributed by atoms with Gasteiger partial charge in [-0.15, -0.1) is 0 Å². The molecule has 16 atom stereocenters. The first kappa shape index (κ1) is 64.5. The van der Waals surface area contributed by atoms with Crippen molar-refractivity contribution in [3.63, 3.8) is 0 Å². The van der Waals surface area contributed by atoms with E-state index in [2.05, 4.69) is 5.32 Å². The van der Waals surface area contributed by atoms with Gasteiger partial charge in [-0.3, -0.25) is 14.4 Å². The van der Waals surface area contributed by atoms with E-state index in [4.69, 9.17) is 34.5 Å². The summed E-state index contributed by atoms with van der Waals surface area (Å²) in [6, 6.07) is 8.05. The Labute approximate surface area is 439 Å². The Morgan fingerprint density at radius 2 is 1.33 bits per heavy atom. The van der Waals surface area contributed by atoms with Crippen LogP contribution in [0.3, 0.4) is 0 Å². The van der Waals surface area contributed by atoms with E-state index in [1.54, 1.807) is 67.7 Å². The highest BCUT2D eigenvalue weighted by Crippen LogP contribution is 2.28. The zero-order valence-electron chi connectivity index (χ0n) is 42.9. The number of hydrogen-bond acceptors (Lipinski definition) is 19. The summed E-state index contributed by atoms with van der Waals surface area (Å²) in [7, 11) is 0. The van der Waals surface area contributed by atoms with Crippen LogP contribution in [-0.4, -0.2) is 181 Å². The van der Waals surface area contributed by atoms with Crippen LogP contribution in [0.2, 0.25) is 0 Å². The lowest BCUT2D eigenvalue weighted by molar-refractivity contribution is -0.255. The van der Waals surface area contributed by atoms with Gasteiger partial charge in [0.1, 0.15) is 25.4 Å². The number of carbonyl (C=O) groups is 3. The fourth-order valence-electron chi connectivity index (χ4n) is 8.05. The number of esters is 2. The first-order valence-corrected chi connectivity index (χ1v) is 25.6. The Morgan fingerprint density at radius 1 is 0.720 bits per heavy atom. The number of amides is 1. The highest BCUT2D eigenvalue weighted by atomic mass is 16.7. The second-order valence-electron chi connectivity index (χ2n) is 18.9. The van der Waals surface area contributed by atoms with Gasteiger partial charge in [0.2, 0.25) is 5.91 Å². The molecule has 1 amide bonds. The quantitative estimate of drug-likeness (QED) is 0.0347. The van der Waals surface area contributed by atoms with Crippen molar-refractivity contribution >= 4 is 17.8 Å². The number of aliphatic hydroxyl groups is 10. The van der Waals surface area contributed by atoms with Crippen LogP contribution < -0.4 is 11.1 Å². The predicted octanol–water partition coefficient (Wildman–Crippen LogP) is 1.14. The molecule has 1 aromatic rings. The maximum atomic E-state index is 13.4. The van der Waals surface area contributed by atoms with Crippen LogP contribution in [-0.2, 0) is 44.7 Å². The molecule has 2 aliphatic rings. The summed E-state index contributed by atoms with van der Waals surface area (Å²) in [5, 5.41) is 104. The number of allylic oxidation sites excluding steroid dienone is 12. The van der Waals surface area contributed by atoms with Gasteiger partial charge in [-0.1, -0.05) is 122 Å². The smallest absolute Gasteiger partial charge is 0.325 e. The van der Waals surface area contributed by atoms with Crippen molar-refractivity contribution in [2.45, 2.75) is 164 Å². The molecular formula is C55H82N2O18. The van der Waals surface area contributed by atoms with Crippen LogP contribution in [0.4, 0.5) is 0 Å². The van der Waals surface area contributed by atoms with Gasteiger partial charge in [0, 0.05) is 38.4 Å². The van der Waals surface area contributed by atoms with E-state index < -0.39 is 116 Å². The monoisotopic (exact) mass is 1060 g/mol. The average Bonchev–Trinajstić information content (AvgIpc) is 3.36. The topological polar surface area (TPSA) is 338 Å². The minimum absolute atomic E-state index is 0.00281. The summed E-state index contributed by atoms with van der Waals surface area (Å²) in [6.07, 6.45) is 11.2. The number of benzene rings is 1. The molecule has 0 saturated carbocycles. The average molecular weight is 1060 g/mol. The van der Waals surface area contributed by atoms with Gasteiger partial charge in [-0.05, 0) is 44.6 Å². The Morgan fingerprint density at radius 3 is 1.97 bits per heavy atom. The molecule has 75 heavy (non-hydrogen) atoms. The van der Waals surface area contributed by atoms with Gasteiger partial charge in [0.15, 0.2) is 6.29 Å². The van der Waals surface area contributed by atoms with E-state index in [-0.39, 0.29) is 90.1 Å². The zero-order valence-corrected chi connectivity index (χ0v) is 42.9. The Hall–Kier alpha value is -4.75. The molecule has 7 unspecified atom stereocenters. The van der Waals surface area contributed by atoms with Crippen LogP contribution >= 0.6 is 0 Å². The minimum atomic E-state index is -1.36. The lowest BCUT2D eigenvalue weighted by Gasteiger charge is -2.39. The van der Waals surface area contributed by atoms with Crippen molar-refractivity contribution in [2.24, 2.45) is 17.6 Å². The first-order chi connectivity index (χ1) is 35.9. The number of nitrogens with two attached hydrogens (primary N) is 1. The summed E-state index contributed by atoms with van der Waals surface area (Å²) in [6.45, 7) is 2.82. The lowest BCUT2D eigenvalue weighted by Crippen LogP contribution is -2.58. The van der Waals surface area contributed by atoms with Crippen molar-refractivity contribution in [2.75, 3.05) is 26.4 Å². The van der Waals surface area contributed by atoms with E-state index in [1.807, 2.05) is 61.6 Å². The molecule has 2 saturated heterocycles. The fraction of sp³-hybridized carbons (Fsp3) is 0.582. The predicted molar refractivity (Wildman–Crippen MR) is 276 cm³/mol. The molecule has 3 rings (SSSR count). The third-order valence-electron chi connectivity index (χ3n) is 12.5. The highest BCUT2D eigenvalue weighted by molar-refractivity contribution is 5.84. The van der Waals surface area contributed by atoms with Crippen molar-refractivity contribution < 1.29 is 89.1 Å². The largest absolute Gasteiger partial charge is 0.462 e. The second-order valence-corrected chi connectivity index (χ2v) is 18.9.